The first-order chi connectivity index (χ1) is 10.7. The highest BCUT2D eigenvalue weighted by Crippen LogP contribution is 2.24. The Hall–Kier alpha value is -2.20. The second kappa shape index (κ2) is 8.29. The van der Waals surface area contributed by atoms with Crippen LogP contribution in [0, 0.1) is 24.7 Å². The minimum absolute atomic E-state index is 0.584. The lowest BCUT2D eigenvalue weighted by Crippen LogP contribution is -2.27. The molecule has 0 spiro atoms. The van der Waals surface area contributed by atoms with Gasteiger partial charge in [-0.2, -0.15) is 0 Å². The van der Waals surface area contributed by atoms with Crippen LogP contribution < -0.4 is 5.32 Å². The van der Waals surface area contributed by atoms with Crippen LogP contribution in [0.5, 0.6) is 0 Å². The Morgan fingerprint density at radius 1 is 1.18 bits per heavy atom. The smallest absolute Gasteiger partial charge is 0.0737 e. The van der Waals surface area contributed by atoms with Crippen molar-refractivity contribution in [3.63, 3.8) is 0 Å². The molecule has 2 rings (SSSR count). The van der Waals surface area contributed by atoms with Gasteiger partial charge in [0.05, 0.1) is 18.6 Å². The summed E-state index contributed by atoms with van der Waals surface area (Å²) in [6.45, 7) is 2.88. The van der Waals surface area contributed by atoms with Gasteiger partial charge in [0, 0.05) is 35.4 Å². The first-order valence-electron chi connectivity index (χ1n) is 7.12. The molecule has 2 aromatic rings. The summed E-state index contributed by atoms with van der Waals surface area (Å²) in [5.41, 5.74) is 1.95. The number of pyridine rings is 1. The summed E-state index contributed by atoms with van der Waals surface area (Å²) in [7, 11) is 0. The van der Waals surface area contributed by atoms with E-state index < -0.39 is 0 Å². The molecule has 0 saturated heterocycles. The van der Waals surface area contributed by atoms with Gasteiger partial charge >= 0.3 is 0 Å². The van der Waals surface area contributed by atoms with E-state index in [0.29, 0.717) is 18.1 Å². The van der Waals surface area contributed by atoms with Crippen molar-refractivity contribution in [1.82, 2.24) is 9.88 Å². The SMILES string of the molecule is C#CCN(CC#C)CCCNc1ccnc2cc(Cl)ccc12. The van der Waals surface area contributed by atoms with Gasteiger partial charge in [0.1, 0.15) is 0 Å². The molecule has 1 aromatic carbocycles. The minimum atomic E-state index is 0.584. The maximum atomic E-state index is 5.99. The lowest BCUT2D eigenvalue weighted by Gasteiger charge is -2.17. The Bertz CT molecular complexity index is 696. The molecule has 1 heterocycles. The van der Waals surface area contributed by atoms with Gasteiger partial charge in [-0.05, 0) is 30.7 Å². The number of halogens is 1. The maximum absolute atomic E-state index is 5.99. The predicted molar refractivity (Wildman–Crippen MR) is 94.0 cm³/mol. The molecule has 0 aliphatic rings. The van der Waals surface area contributed by atoms with E-state index >= 15 is 0 Å². The molecular formula is C18H18ClN3. The molecule has 0 amide bonds. The van der Waals surface area contributed by atoms with Crippen LogP contribution in [0.25, 0.3) is 10.9 Å². The third kappa shape index (κ3) is 4.40. The molecule has 0 bridgehead atoms. The molecular weight excluding hydrogens is 294 g/mol. The van der Waals surface area contributed by atoms with Gasteiger partial charge in [0.25, 0.3) is 0 Å². The Morgan fingerprint density at radius 3 is 2.68 bits per heavy atom. The summed E-state index contributed by atoms with van der Waals surface area (Å²) in [4.78, 5) is 6.41. The maximum Gasteiger partial charge on any atom is 0.0737 e. The Kier molecular flexibility index (Phi) is 6.10. The number of nitrogens with zero attached hydrogens (tertiary/aromatic N) is 2. The first kappa shape index (κ1) is 16.2. The van der Waals surface area contributed by atoms with Gasteiger partial charge in [0.2, 0.25) is 0 Å². The normalized spacial score (nSPS) is 10.4. The molecule has 0 aliphatic heterocycles. The van der Waals surface area contributed by atoms with Gasteiger partial charge in [-0.3, -0.25) is 9.88 Å². The Morgan fingerprint density at radius 2 is 1.95 bits per heavy atom. The van der Waals surface area contributed by atoms with E-state index in [1.807, 2.05) is 24.3 Å². The van der Waals surface area contributed by atoms with E-state index in [4.69, 9.17) is 24.4 Å². The van der Waals surface area contributed by atoms with Crippen molar-refractivity contribution in [3.05, 3.63) is 35.5 Å². The lowest BCUT2D eigenvalue weighted by atomic mass is 10.2. The number of anilines is 1. The summed E-state index contributed by atoms with van der Waals surface area (Å²) in [6, 6.07) is 7.69. The van der Waals surface area contributed by atoms with E-state index in [-0.39, 0.29) is 0 Å². The van der Waals surface area contributed by atoms with E-state index in [9.17, 15) is 0 Å². The van der Waals surface area contributed by atoms with Crippen molar-refractivity contribution < 1.29 is 0 Å². The van der Waals surface area contributed by atoms with Crippen LogP contribution in [0.3, 0.4) is 0 Å². The van der Waals surface area contributed by atoms with Crippen molar-refractivity contribution in [1.29, 1.82) is 0 Å². The highest BCUT2D eigenvalue weighted by atomic mass is 35.5. The second-order valence-corrected chi connectivity index (χ2v) is 5.36. The van der Waals surface area contributed by atoms with Crippen LogP contribution in [0.2, 0.25) is 5.02 Å². The number of fused-ring (bicyclic) bond motifs is 1. The highest BCUT2D eigenvalue weighted by Gasteiger charge is 2.04. The molecule has 0 fully saturated rings. The molecule has 4 heteroatoms. The fraction of sp³-hybridized carbons (Fsp3) is 0.278. The molecule has 0 aliphatic carbocycles. The van der Waals surface area contributed by atoms with Gasteiger partial charge < -0.3 is 5.32 Å². The average molecular weight is 312 g/mol. The van der Waals surface area contributed by atoms with E-state index in [1.165, 1.54) is 0 Å². The monoisotopic (exact) mass is 311 g/mol. The fourth-order valence-corrected chi connectivity index (χ4v) is 2.44. The molecule has 0 unspecified atom stereocenters. The number of benzene rings is 1. The first-order valence-corrected chi connectivity index (χ1v) is 7.50. The Balaban J connectivity index is 1.92. The molecule has 22 heavy (non-hydrogen) atoms. The standard InChI is InChI=1S/C18H18ClN3/c1-3-11-22(12-4-2)13-5-9-20-17-8-10-21-18-14-15(19)6-7-16(17)18/h1-2,6-8,10,14H,5,9,11-13H2,(H,20,21). The van der Waals surface area contributed by atoms with Crippen molar-refractivity contribution in [3.8, 4) is 24.7 Å². The fourth-order valence-electron chi connectivity index (χ4n) is 2.27. The highest BCUT2D eigenvalue weighted by molar-refractivity contribution is 6.31. The Labute approximate surface area is 136 Å². The number of terminal acetylenes is 2. The van der Waals surface area contributed by atoms with Gasteiger partial charge in [-0.1, -0.05) is 23.4 Å². The molecule has 112 valence electrons. The topological polar surface area (TPSA) is 28.2 Å². The minimum Gasteiger partial charge on any atom is -0.384 e. The number of nitrogens with one attached hydrogen (secondary N) is 1. The zero-order chi connectivity index (χ0) is 15.8. The van der Waals surface area contributed by atoms with Gasteiger partial charge in [0.15, 0.2) is 0 Å². The number of aromatic nitrogens is 1. The van der Waals surface area contributed by atoms with Crippen LogP contribution in [0.1, 0.15) is 6.42 Å². The van der Waals surface area contributed by atoms with Crippen molar-refractivity contribution >= 4 is 28.2 Å². The van der Waals surface area contributed by atoms with Crippen molar-refractivity contribution in [2.75, 3.05) is 31.5 Å². The van der Waals surface area contributed by atoms with Gasteiger partial charge in [-0.15, -0.1) is 12.8 Å². The largest absolute Gasteiger partial charge is 0.384 e. The summed E-state index contributed by atoms with van der Waals surface area (Å²) in [5.74, 6) is 5.26. The quantitative estimate of drug-likeness (QED) is 0.628. The molecule has 3 nitrogen and oxygen atoms in total. The molecule has 0 saturated carbocycles. The van der Waals surface area contributed by atoms with Crippen molar-refractivity contribution in [2.45, 2.75) is 6.42 Å². The summed E-state index contributed by atoms with van der Waals surface area (Å²) < 4.78 is 0. The van der Waals surface area contributed by atoms with E-state index in [0.717, 1.165) is 36.1 Å². The van der Waals surface area contributed by atoms with Crippen LogP contribution in [-0.2, 0) is 0 Å². The second-order valence-electron chi connectivity index (χ2n) is 4.92. The zero-order valence-electron chi connectivity index (χ0n) is 12.3. The number of hydrogen-bond acceptors (Lipinski definition) is 3. The van der Waals surface area contributed by atoms with E-state index in [2.05, 4.69) is 27.0 Å². The summed E-state index contributed by atoms with van der Waals surface area (Å²) in [5, 5.41) is 5.19. The summed E-state index contributed by atoms with van der Waals surface area (Å²) in [6.07, 6.45) is 13.4. The van der Waals surface area contributed by atoms with Gasteiger partial charge in [-0.25, -0.2) is 0 Å². The van der Waals surface area contributed by atoms with Crippen LogP contribution in [0.4, 0.5) is 5.69 Å². The molecule has 0 atom stereocenters. The number of rotatable bonds is 7. The van der Waals surface area contributed by atoms with Crippen molar-refractivity contribution in [2.24, 2.45) is 0 Å². The molecule has 1 N–H and O–H groups in total. The third-order valence-electron chi connectivity index (χ3n) is 3.30. The third-order valence-corrected chi connectivity index (χ3v) is 3.54. The van der Waals surface area contributed by atoms with Crippen LogP contribution >= 0.6 is 11.6 Å². The molecule has 0 radical (unpaired) electrons. The van der Waals surface area contributed by atoms with E-state index in [1.54, 1.807) is 6.20 Å². The summed E-state index contributed by atoms with van der Waals surface area (Å²) >= 11 is 5.99. The lowest BCUT2D eigenvalue weighted by molar-refractivity contribution is 0.343. The zero-order valence-corrected chi connectivity index (χ0v) is 13.1. The average Bonchev–Trinajstić information content (AvgIpc) is 2.51. The van der Waals surface area contributed by atoms with Crippen LogP contribution in [-0.4, -0.2) is 36.1 Å². The predicted octanol–water partition coefficient (Wildman–Crippen LogP) is 3.26. The van der Waals surface area contributed by atoms with Crippen LogP contribution in [0.15, 0.2) is 30.5 Å². The molecule has 1 aromatic heterocycles. The number of hydrogen-bond donors (Lipinski definition) is 1.